The molecule has 1 heterocycles. The maximum atomic E-state index is 12.7. The van der Waals surface area contributed by atoms with Crippen LogP contribution in [0.15, 0.2) is 24.3 Å². The Labute approximate surface area is 141 Å². The average molecular weight is 336 g/mol. The van der Waals surface area contributed by atoms with Gasteiger partial charge in [0.05, 0.1) is 5.02 Å². The van der Waals surface area contributed by atoms with Crippen molar-refractivity contribution >= 4 is 34.3 Å². The lowest BCUT2D eigenvalue weighted by atomic mass is 10.0. The van der Waals surface area contributed by atoms with Gasteiger partial charge in [-0.1, -0.05) is 43.6 Å². The van der Waals surface area contributed by atoms with E-state index in [0.717, 1.165) is 10.9 Å². The standard InChI is InChI=1S/C17H22ClN3O2/c1-10(2)9-12(16(22)19-3)20-17(23)15-14(18)11-7-5-6-8-13(11)21(15)4/h5-8,10,12H,9H2,1-4H3,(H,19,22)(H,20,23). The first-order valence-electron chi connectivity index (χ1n) is 7.62. The van der Waals surface area contributed by atoms with E-state index in [-0.39, 0.29) is 17.7 Å². The van der Waals surface area contributed by atoms with Crippen molar-refractivity contribution in [1.29, 1.82) is 0 Å². The van der Waals surface area contributed by atoms with Gasteiger partial charge in [0.2, 0.25) is 5.91 Å². The zero-order chi connectivity index (χ0) is 17.1. The van der Waals surface area contributed by atoms with Gasteiger partial charge in [-0.05, 0) is 18.4 Å². The van der Waals surface area contributed by atoms with Gasteiger partial charge >= 0.3 is 0 Å². The van der Waals surface area contributed by atoms with Crippen LogP contribution in [-0.4, -0.2) is 29.5 Å². The first-order valence-corrected chi connectivity index (χ1v) is 8.00. The van der Waals surface area contributed by atoms with Crippen LogP contribution in [0.25, 0.3) is 10.9 Å². The van der Waals surface area contributed by atoms with E-state index >= 15 is 0 Å². The molecule has 23 heavy (non-hydrogen) atoms. The average Bonchev–Trinajstić information content (AvgIpc) is 2.77. The number of carbonyl (C=O) groups excluding carboxylic acids is 2. The van der Waals surface area contributed by atoms with Crippen molar-refractivity contribution < 1.29 is 9.59 Å². The Morgan fingerprint density at radius 3 is 2.48 bits per heavy atom. The molecule has 0 aliphatic rings. The summed E-state index contributed by atoms with van der Waals surface area (Å²) in [7, 11) is 3.35. The first kappa shape index (κ1) is 17.3. The fourth-order valence-electron chi connectivity index (χ4n) is 2.70. The molecule has 2 aromatic rings. The van der Waals surface area contributed by atoms with E-state index in [4.69, 9.17) is 11.6 Å². The number of rotatable bonds is 5. The van der Waals surface area contributed by atoms with Gasteiger partial charge in [0, 0.05) is 25.0 Å². The van der Waals surface area contributed by atoms with Gasteiger partial charge in [-0.25, -0.2) is 0 Å². The number of fused-ring (bicyclic) bond motifs is 1. The summed E-state index contributed by atoms with van der Waals surface area (Å²) in [6, 6.07) is 6.97. The molecule has 0 fully saturated rings. The van der Waals surface area contributed by atoms with Crippen LogP contribution in [0.4, 0.5) is 0 Å². The van der Waals surface area contributed by atoms with E-state index in [1.807, 2.05) is 38.1 Å². The van der Waals surface area contributed by atoms with Gasteiger partial charge in [-0.3, -0.25) is 9.59 Å². The van der Waals surface area contributed by atoms with Crippen molar-refractivity contribution in [2.75, 3.05) is 7.05 Å². The van der Waals surface area contributed by atoms with Crippen molar-refractivity contribution in [3.05, 3.63) is 35.0 Å². The van der Waals surface area contributed by atoms with E-state index in [1.165, 1.54) is 0 Å². The predicted molar refractivity (Wildman–Crippen MR) is 92.7 cm³/mol. The monoisotopic (exact) mass is 335 g/mol. The number of carbonyl (C=O) groups is 2. The number of nitrogens with zero attached hydrogens (tertiary/aromatic N) is 1. The summed E-state index contributed by atoms with van der Waals surface area (Å²) in [5.74, 6) is -0.273. The number of hydrogen-bond donors (Lipinski definition) is 2. The van der Waals surface area contributed by atoms with Crippen molar-refractivity contribution in [1.82, 2.24) is 15.2 Å². The minimum Gasteiger partial charge on any atom is -0.357 e. The molecule has 1 unspecified atom stereocenters. The molecule has 0 radical (unpaired) electrons. The molecule has 0 spiro atoms. The normalized spacial score (nSPS) is 12.4. The maximum Gasteiger partial charge on any atom is 0.270 e. The van der Waals surface area contributed by atoms with Crippen LogP contribution < -0.4 is 10.6 Å². The first-order chi connectivity index (χ1) is 10.9. The highest BCUT2D eigenvalue weighted by Gasteiger charge is 2.25. The third kappa shape index (κ3) is 3.50. The number of aryl methyl sites for hydroxylation is 1. The second-order valence-corrected chi connectivity index (χ2v) is 6.39. The minimum absolute atomic E-state index is 0.207. The summed E-state index contributed by atoms with van der Waals surface area (Å²) in [5, 5.41) is 6.62. The minimum atomic E-state index is -0.582. The molecular weight excluding hydrogens is 314 g/mol. The Hall–Kier alpha value is -2.01. The van der Waals surface area contributed by atoms with Crippen LogP contribution in [0.5, 0.6) is 0 Å². The topological polar surface area (TPSA) is 63.1 Å². The molecule has 1 aromatic heterocycles. The Kier molecular flexibility index (Phi) is 5.31. The predicted octanol–water partition coefficient (Wildman–Crippen LogP) is 2.72. The van der Waals surface area contributed by atoms with Crippen LogP contribution in [0.3, 0.4) is 0 Å². The lowest BCUT2D eigenvalue weighted by Crippen LogP contribution is -2.46. The van der Waals surface area contributed by atoms with Crippen LogP contribution in [0.1, 0.15) is 30.8 Å². The van der Waals surface area contributed by atoms with Gasteiger partial charge in [-0.15, -0.1) is 0 Å². The van der Waals surface area contributed by atoms with E-state index < -0.39 is 6.04 Å². The highest BCUT2D eigenvalue weighted by Crippen LogP contribution is 2.29. The number of benzene rings is 1. The van der Waals surface area contributed by atoms with Crippen molar-refractivity contribution in [2.24, 2.45) is 13.0 Å². The molecule has 6 heteroatoms. The number of hydrogen-bond acceptors (Lipinski definition) is 2. The number of nitrogens with one attached hydrogen (secondary N) is 2. The number of amides is 2. The summed E-state index contributed by atoms with van der Waals surface area (Å²) < 4.78 is 1.75. The Morgan fingerprint density at radius 2 is 1.91 bits per heavy atom. The molecule has 2 amide bonds. The van der Waals surface area contributed by atoms with Crippen molar-refractivity contribution in [3.63, 3.8) is 0 Å². The van der Waals surface area contributed by atoms with Crippen molar-refractivity contribution in [2.45, 2.75) is 26.3 Å². The van der Waals surface area contributed by atoms with Gasteiger partial charge in [-0.2, -0.15) is 0 Å². The lowest BCUT2D eigenvalue weighted by molar-refractivity contribution is -0.122. The van der Waals surface area contributed by atoms with Crippen LogP contribution in [0.2, 0.25) is 5.02 Å². The summed E-state index contributed by atoms with van der Waals surface area (Å²) in [6.07, 6.45) is 0.562. The van der Waals surface area contributed by atoms with E-state index in [0.29, 0.717) is 17.1 Å². The Morgan fingerprint density at radius 1 is 1.26 bits per heavy atom. The van der Waals surface area contributed by atoms with Crippen LogP contribution in [0, 0.1) is 5.92 Å². The highest BCUT2D eigenvalue weighted by atomic mass is 35.5. The largest absolute Gasteiger partial charge is 0.357 e. The molecule has 0 saturated heterocycles. The number of likely N-dealkylation sites (N-methyl/N-ethyl adjacent to an activating group) is 1. The van der Waals surface area contributed by atoms with Gasteiger partial charge in [0.1, 0.15) is 11.7 Å². The summed E-state index contributed by atoms with van der Waals surface area (Å²) in [6.45, 7) is 4.01. The molecule has 0 aliphatic carbocycles. The van der Waals surface area contributed by atoms with Gasteiger partial charge in [0.15, 0.2) is 0 Å². The fourth-order valence-corrected chi connectivity index (χ4v) is 3.08. The molecule has 0 aliphatic heterocycles. The molecule has 1 atom stereocenters. The van der Waals surface area contributed by atoms with Crippen LogP contribution >= 0.6 is 11.6 Å². The van der Waals surface area contributed by atoms with Gasteiger partial charge < -0.3 is 15.2 Å². The van der Waals surface area contributed by atoms with E-state index in [1.54, 1.807) is 18.7 Å². The van der Waals surface area contributed by atoms with Crippen molar-refractivity contribution in [3.8, 4) is 0 Å². The fraction of sp³-hybridized carbons (Fsp3) is 0.412. The summed E-state index contributed by atoms with van der Waals surface area (Å²) in [5.41, 5.74) is 1.24. The molecule has 124 valence electrons. The quantitative estimate of drug-likeness (QED) is 0.882. The third-order valence-electron chi connectivity index (χ3n) is 3.84. The SMILES string of the molecule is CNC(=O)C(CC(C)C)NC(=O)c1c(Cl)c2ccccc2n1C. The van der Waals surface area contributed by atoms with Gasteiger partial charge in [0.25, 0.3) is 5.91 Å². The second-order valence-electron chi connectivity index (χ2n) is 6.01. The Balaban J connectivity index is 2.34. The summed E-state index contributed by atoms with van der Waals surface area (Å²) in [4.78, 5) is 24.7. The van der Waals surface area contributed by atoms with E-state index in [2.05, 4.69) is 10.6 Å². The molecule has 0 saturated carbocycles. The zero-order valence-corrected chi connectivity index (χ0v) is 14.6. The Bertz CT molecular complexity index is 698. The second kappa shape index (κ2) is 7.04. The lowest BCUT2D eigenvalue weighted by Gasteiger charge is -2.19. The summed E-state index contributed by atoms with van der Waals surface area (Å²) >= 11 is 6.38. The van der Waals surface area contributed by atoms with Crippen LogP contribution in [-0.2, 0) is 11.8 Å². The number of para-hydroxylation sites is 1. The zero-order valence-electron chi connectivity index (χ0n) is 13.8. The van der Waals surface area contributed by atoms with E-state index in [9.17, 15) is 9.59 Å². The third-order valence-corrected chi connectivity index (χ3v) is 4.22. The molecular formula is C17H22ClN3O2. The smallest absolute Gasteiger partial charge is 0.270 e. The highest BCUT2D eigenvalue weighted by molar-refractivity contribution is 6.38. The maximum absolute atomic E-state index is 12.7. The molecule has 2 rings (SSSR count). The number of aromatic nitrogens is 1. The molecule has 1 aromatic carbocycles. The number of halogens is 1. The molecule has 0 bridgehead atoms. The molecule has 2 N–H and O–H groups in total. The molecule has 5 nitrogen and oxygen atoms in total.